The van der Waals surface area contributed by atoms with Gasteiger partial charge in [0.15, 0.2) is 0 Å². The summed E-state index contributed by atoms with van der Waals surface area (Å²) < 4.78 is 43.6. The quantitative estimate of drug-likeness (QED) is 0.915. The average molecular weight is 351 g/mol. The largest absolute Gasteiger partial charge is 0.481 e. The fraction of sp³-hybridized carbons (Fsp3) is 0.235. The number of ether oxygens (including phenoxy) is 1. The van der Waals surface area contributed by atoms with Crippen molar-refractivity contribution in [2.45, 2.75) is 18.8 Å². The molecule has 25 heavy (non-hydrogen) atoms. The maximum absolute atomic E-state index is 12.9. The number of pyridine rings is 1. The van der Waals surface area contributed by atoms with Crippen LogP contribution in [-0.2, 0) is 17.6 Å². The Balaban J connectivity index is 1.81. The van der Waals surface area contributed by atoms with E-state index in [1.807, 2.05) is 0 Å². The van der Waals surface area contributed by atoms with E-state index in [1.54, 1.807) is 30.5 Å². The maximum Gasteiger partial charge on any atom is 0.416 e. The monoisotopic (exact) mass is 351 g/mol. The van der Waals surface area contributed by atoms with Crippen molar-refractivity contribution in [1.82, 2.24) is 10.0 Å². The van der Waals surface area contributed by atoms with Crippen molar-refractivity contribution in [2.24, 2.45) is 5.73 Å². The van der Waals surface area contributed by atoms with Gasteiger partial charge in [-0.2, -0.15) is 13.2 Å². The van der Waals surface area contributed by atoms with Gasteiger partial charge in [0.2, 0.25) is 11.8 Å². The van der Waals surface area contributed by atoms with Gasteiger partial charge in [-0.1, -0.05) is 24.3 Å². The van der Waals surface area contributed by atoms with E-state index in [2.05, 4.69) is 4.98 Å². The van der Waals surface area contributed by atoms with Crippen LogP contribution >= 0.6 is 0 Å². The van der Waals surface area contributed by atoms with E-state index in [-0.39, 0.29) is 18.5 Å². The predicted octanol–water partition coefficient (Wildman–Crippen LogP) is 3.40. The van der Waals surface area contributed by atoms with Gasteiger partial charge in [0.05, 0.1) is 25.3 Å². The maximum atomic E-state index is 12.9. The third-order valence-corrected chi connectivity index (χ3v) is 3.76. The molecule has 1 atom stereocenters. The van der Waals surface area contributed by atoms with Gasteiger partial charge in [-0.3, -0.25) is 0 Å². The summed E-state index contributed by atoms with van der Waals surface area (Å²) in [5.74, 6) is 0.650. The first-order chi connectivity index (χ1) is 11.9. The van der Waals surface area contributed by atoms with Crippen molar-refractivity contribution in [3.63, 3.8) is 0 Å². The lowest BCUT2D eigenvalue weighted by Gasteiger charge is -2.23. The molecular weight excluding hydrogens is 335 g/mol. The number of alkyl halides is 3. The first-order valence-corrected chi connectivity index (χ1v) is 7.45. The molecule has 2 N–H and O–H groups in total. The molecule has 0 amide bonds. The van der Waals surface area contributed by atoms with E-state index in [1.165, 1.54) is 18.2 Å². The summed E-state index contributed by atoms with van der Waals surface area (Å²) in [7, 11) is 1.51. The van der Waals surface area contributed by atoms with Crippen LogP contribution in [0.5, 0.6) is 5.88 Å². The van der Waals surface area contributed by atoms with Crippen LogP contribution in [0.25, 0.3) is 0 Å². The number of rotatable bonds is 4. The van der Waals surface area contributed by atoms with Gasteiger partial charge in [-0.25, -0.2) is 4.98 Å². The SMILES string of the molecule is COc1ccc(C2C=C(N)ON2Cc2cccc(C(F)(F)F)c2)cn1. The minimum Gasteiger partial charge on any atom is -0.481 e. The summed E-state index contributed by atoms with van der Waals surface area (Å²) in [5.41, 5.74) is 6.28. The molecule has 5 nitrogen and oxygen atoms in total. The zero-order chi connectivity index (χ0) is 18.0. The lowest BCUT2D eigenvalue weighted by atomic mass is 10.1. The van der Waals surface area contributed by atoms with Crippen molar-refractivity contribution in [2.75, 3.05) is 7.11 Å². The number of hydroxylamine groups is 2. The number of aromatic nitrogens is 1. The molecular formula is C17H16F3N3O2. The molecule has 132 valence electrons. The van der Waals surface area contributed by atoms with Crippen molar-refractivity contribution >= 4 is 0 Å². The third-order valence-electron chi connectivity index (χ3n) is 3.76. The molecule has 8 heteroatoms. The molecule has 2 aromatic rings. The lowest BCUT2D eigenvalue weighted by molar-refractivity contribution is -0.138. The smallest absolute Gasteiger partial charge is 0.416 e. The van der Waals surface area contributed by atoms with Gasteiger partial charge in [0.25, 0.3) is 0 Å². The molecule has 0 spiro atoms. The number of halogens is 3. The minimum atomic E-state index is -4.39. The van der Waals surface area contributed by atoms with Crippen molar-refractivity contribution < 1.29 is 22.7 Å². The molecule has 0 radical (unpaired) electrons. The standard InChI is InChI=1S/C17H16F3N3O2/c1-24-16-6-5-12(9-22-16)14-8-15(21)25-23(14)10-11-3-2-4-13(7-11)17(18,19)20/h2-9,14H,10,21H2,1H3. The molecule has 1 aromatic carbocycles. The Morgan fingerprint density at radius 2 is 2.08 bits per heavy atom. The lowest BCUT2D eigenvalue weighted by Crippen LogP contribution is -2.23. The summed E-state index contributed by atoms with van der Waals surface area (Å²) in [6.07, 6.45) is -1.10. The second kappa shape index (κ2) is 6.64. The molecule has 3 rings (SSSR count). The van der Waals surface area contributed by atoms with Gasteiger partial charge in [0.1, 0.15) is 0 Å². The van der Waals surface area contributed by atoms with Crippen LogP contribution in [0.15, 0.2) is 54.6 Å². The molecule has 1 aliphatic heterocycles. The van der Waals surface area contributed by atoms with E-state index >= 15 is 0 Å². The Morgan fingerprint density at radius 1 is 1.28 bits per heavy atom. The van der Waals surface area contributed by atoms with Crippen LogP contribution < -0.4 is 10.5 Å². The summed E-state index contributed by atoms with van der Waals surface area (Å²) >= 11 is 0. The molecule has 1 aliphatic rings. The van der Waals surface area contributed by atoms with Crippen LogP contribution in [-0.4, -0.2) is 17.2 Å². The number of hydrogen-bond donors (Lipinski definition) is 1. The molecule has 0 bridgehead atoms. The van der Waals surface area contributed by atoms with Crippen LogP contribution in [0.1, 0.15) is 22.7 Å². The van der Waals surface area contributed by atoms with Crippen LogP contribution in [0.3, 0.4) is 0 Å². The number of nitrogens with zero attached hydrogens (tertiary/aromatic N) is 2. The Morgan fingerprint density at radius 3 is 2.72 bits per heavy atom. The third kappa shape index (κ3) is 3.85. The van der Waals surface area contributed by atoms with E-state index < -0.39 is 11.7 Å². The molecule has 1 aromatic heterocycles. The fourth-order valence-corrected chi connectivity index (χ4v) is 2.57. The zero-order valence-corrected chi connectivity index (χ0v) is 13.3. The Labute approximate surface area is 142 Å². The highest BCUT2D eigenvalue weighted by Crippen LogP contribution is 2.33. The first kappa shape index (κ1) is 17.1. The van der Waals surface area contributed by atoms with Gasteiger partial charge in [-0.15, -0.1) is 5.06 Å². The van der Waals surface area contributed by atoms with Crippen molar-refractivity contribution in [3.8, 4) is 5.88 Å². The van der Waals surface area contributed by atoms with E-state index in [4.69, 9.17) is 15.3 Å². The Kier molecular flexibility index (Phi) is 4.54. The van der Waals surface area contributed by atoms with E-state index in [9.17, 15) is 13.2 Å². The highest BCUT2D eigenvalue weighted by Gasteiger charge is 2.32. The topological polar surface area (TPSA) is 60.6 Å². The number of benzene rings is 1. The summed E-state index contributed by atoms with van der Waals surface area (Å²) in [4.78, 5) is 9.58. The minimum absolute atomic E-state index is 0.137. The summed E-state index contributed by atoms with van der Waals surface area (Å²) in [6.45, 7) is 0.137. The molecule has 1 unspecified atom stereocenters. The first-order valence-electron chi connectivity index (χ1n) is 7.45. The van der Waals surface area contributed by atoms with Gasteiger partial charge in [0, 0.05) is 18.3 Å². The second-order valence-corrected chi connectivity index (χ2v) is 5.51. The molecule has 0 fully saturated rings. The van der Waals surface area contributed by atoms with Crippen molar-refractivity contribution in [3.05, 3.63) is 71.2 Å². The Bertz CT molecular complexity index is 775. The molecule has 0 aliphatic carbocycles. The molecule has 0 saturated heterocycles. The van der Waals surface area contributed by atoms with Gasteiger partial charge < -0.3 is 15.3 Å². The van der Waals surface area contributed by atoms with E-state index in [0.29, 0.717) is 11.4 Å². The highest BCUT2D eigenvalue weighted by atomic mass is 19.4. The highest BCUT2D eigenvalue weighted by molar-refractivity contribution is 5.28. The molecule has 2 heterocycles. The number of nitrogens with two attached hydrogens (primary N) is 1. The fourth-order valence-electron chi connectivity index (χ4n) is 2.57. The summed E-state index contributed by atoms with van der Waals surface area (Å²) in [5, 5.41) is 1.51. The van der Waals surface area contributed by atoms with Crippen LogP contribution in [0, 0.1) is 0 Å². The van der Waals surface area contributed by atoms with Gasteiger partial charge in [-0.05, 0) is 17.2 Å². The number of hydrogen-bond acceptors (Lipinski definition) is 5. The van der Waals surface area contributed by atoms with Gasteiger partial charge >= 0.3 is 6.18 Å². The predicted molar refractivity (Wildman–Crippen MR) is 83.9 cm³/mol. The normalized spacial score (nSPS) is 17.9. The van der Waals surface area contributed by atoms with Crippen molar-refractivity contribution in [1.29, 1.82) is 0 Å². The zero-order valence-electron chi connectivity index (χ0n) is 13.3. The van der Waals surface area contributed by atoms with E-state index in [0.717, 1.165) is 17.7 Å². The average Bonchev–Trinajstić information content (AvgIpc) is 2.95. The molecule has 0 saturated carbocycles. The second-order valence-electron chi connectivity index (χ2n) is 5.51. The Hall–Kier alpha value is -2.74. The van der Waals surface area contributed by atoms with Crippen LogP contribution in [0.4, 0.5) is 13.2 Å². The van der Waals surface area contributed by atoms with Crippen LogP contribution in [0.2, 0.25) is 0 Å². The number of methoxy groups -OCH3 is 1. The summed E-state index contributed by atoms with van der Waals surface area (Å²) in [6, 6.07) is 8.25.